The summed E-state index contributed by atoms with van der Waals surface area (Å²) < 4.78 is 0. The Kier molecular flexibility index (Phi) is 9.63. The number of hydrogen-bond donors (Lipinski definition) is 3. The Balaban J connectivity index is 0.000000138. The van der Waals surface area contributed by atoms with E-state index in [1.54, 1.807) is 34.4 Å². The molecule has 2 amide bonds. The van der Waals surface area contributed by atoms with Crippen LogP contribution in [0.5, 0.6) is 0 Å². The Hall–Kier alpha value is -2.95. The van der Waals surface area contributed by atoms with Crippen LogP contribution in [0.4, 0.5) is 0 Å². The molecule has 3 heterocycles. The molecule has 2 aromatic heterocycles. The summed E-state index contributed by atoms with van der Waals surface area (Å²) in [6, 6.07) is 5.12. The van der Waals surface area contributed by atoms with E-state index < -0.39 is 5.91 Å². The monoisotopic (exact) mass is 571 g/mol. The smallest absolute Gasteiger partial charge is 0.284 e. The zero-order valence-electron chi connectivity index (χ0n) is 22.9. The summed E-state index contributed by atoms with van der Waals surface area (Å²) in [5, 5.41) is 1.65. The van der Waals surface area contributed by atoms with E-state index in [1.807, 2.05) is 14.1 Å². The zero-order valence-corrected chi connectivity index (χ0v) is 24.5. The van der Waals surface area contributed by atoms with E-state index in [2.05, 4.69) is 26.9 Å². The van der Waals surface area contributed by atoms with E-state index in [9.17, 15) is 9.59 Å². The standard InChI is InChI=1S/C11H15N3S.C9H17NO.C8H6ClN3O/c1-14-5-4-8-9(6-14)15-11(13-8)10(12)7-2-3-7;1-10(2)9(11)8-6-4-3-5-7-8;9-4-1-2-5-6(3-4)12-8(11-5)7(10)13/h2-6,12H2,1H3;8H,3-7H2,1-2H3;1-3H,(H2,10,13)(H,11,12). The Labute approximate surface area is 238 Å². The van der Waals surface area contributed by atoms with Crippen LogP contribution in [0.1, 0.15) is 71.1 Å². The van der Waals surface area contributed by atoms with Gasteiger partial charge < -0.3 is 26.3 Å². The molecule has 2 saturated carbocycles. The molecule has 6 rings (SSSR count). The molecule has 0 atom stereocenters. The minimum Gasteiger partial charge on any atom is -0.396 e. The molecule has 1 aliphatic heterocycles. The van der Waals surface area contributed by atoms with Gasteiger partial charge in [0.05, 0.1) is 22.4 Å². The third-order valence-electron chi connectivity index (χ3n) is 7.11. The fraction of sp³-hybridized carbons (Fsp3) is 0.500. The van der Waals surface area contributed by atoms with E-state index >= 15 is 0 Å². The van der Waals surface area contributed by atoms with Gasteiger partial charge in [-0.1, -0.05) is 30.9 Å². The van der Waals surface area contributed by atoms with Gasteiger partial charge in [0, 0.05) is 49.4 Å². The number of amides is 2. The summed E-state index contributed by atoms with van der Waals surface area (Å²) in [6.45, 7) is 2.16. The fourth-order valence-electron chi connectivity index (χ4n) is 4.73. The van der Waals surface area contributed by atoms with Gasteiger partial charge in [0.15, 0.2) is 5.82 Å². The molecule has 3 aromatic rings. The van der Waals surface area contributed by atoms with Crippen LogP contribution in [0.3, 0.4) is 0 Å². The normalized spacial score (nSPS) is 16.9. The van der Waals surface area contributed by atoms with Gasteiger partial charge >= 0.3 is 0 Å². The van der Waals surface area contributed by atoms with Crippen LogP contribution in [-0.2, 0) is 17.8 Å². The third-order valence-corrected chi connectivity index (χ3v) is 8.46. The third kappa shape index (κ3) is 7.80. The summed E-state index contributed by atoms with van der Waals surface area (Å²) in [5.74, 6) is 0.230. The van der Waals surface area contributed by atoms with Gasteiger partial charge in [0.1, 0.15) is 5.01 Å². The summed E-state index contributed by atoms with van der Waals surface area (Å²) >= 11 is 7.52. The van der Waals surface area contributed by atoms with Crippen LogP contribution >= 0.6 is 22.9 Å². The number of likely N-dealkylation sites (N-methyl/N-ethyl adjacent to an activating group) is 1. The Morgan fingerprint density at radius 2 is 1.82 bits per heavy atom. The molecule has 3 aliphatic rings. The van der Waals surface area contributed by atoms with Crippen molar-refractivity contribution in [1.82, 2.24) is 24.8 Å². The van der Waals surface area contributed by atoms with Crippen LogP contribution in [0.2, 0.25) is 5.02 Å². The lowest BCUT2D eigenvalue weighted by Gasteiger charge is -2.23. The topological polar surface area (TPSA) is 134 Å². The number of hydrogen-bond acceptors (Lipinski definition) is 7. The van der Waals surface area contributed by atoms with E-state index in [0.29, 0.717) is 27.9 Å². The molecule has 0 radical (unpaired) electrons. The lowest BCUT2D eigenvalue weighted by molar-refractivity contribution is -0.133. The van der Waals surface area contributed by atoms with Gasteiger partial charge in [-0.15, -0.1) is 11.3 Å². The quantitative estimate of drug-likeness (QED) is 0.422. The van der Waals surface area contributed by atoms with Crippen LogP contribution in [0.25, 0.3) is 16.7 Å². The van der Waals surface area contributed by atoms with Gasteiger partial charge in [0.2, 0.25) is 5.91 Å². The second-order valence-electron chi connectivity index (χ2n) is 10.6. The zero-order chi connectivity index (χ0) is 28.1. The molecular formula is C28H38ClN7O2S. The fourth-order valence-corrected chi connectivity index (χ4v) is 6.10. The van der Waals surface area contributed by atoms with Crippen molar-refractivity contribution in [2.45, 2.75) is 57.9 Å². The highest BCUT2D eigenvalue weighted by Gasteiger charge is 2.23. The highest BCUT2D eigenvalue weighted by Crippen LogP contribution is 2.36. The molecule has 1 aromatic carbocycles. The molecule has 0 bridgehead atoms. The molecule has 2 aliphatic carbocycles. The van der Waals surface area contributed by atoms with E-state index in [1.165, 1.54) is 48.2 Å². The van der Waals surface area contributed by atoms with Crippen LogP contribution in [-0.4, -0.2) is 64.3 Å². The number of nitrogens with one attached hydrogen (secondary N) is 1. The average molecular weight is 572 g/mol. The van der Waals surface area contributed by atoms with E-state index in [-0.39, 0.29) is 5.82 Å². The number of halogens is 1. The Bertz CT molecular complexity index is 1350. The van der Waals surface area contributed by atoms with Crippen molar-refractivity contribution in [2.24, 2.45) is 17.4 Å². The SMILES string of the molecule is CN(C)C(=O)C1CCCCC1.CN1CCc2nc(C(N)=C3CC3)sc2C1.NC(=O)c1nc2ccc(Cl)cc2[nH]1. The second-order valence-corrected chi connectivity index (χ2v) is 12.1. The van der Waals surface area contributed by atoms with E-state index in [0.717, 1.165) is 43.1 Å². The summed E-state index contributed by atoms with van der Waals surface area (Å²) in [5.41, 5.74) is 16.1. The number of primary amides is 1. The van der Waals surface area contributed by atoms with Crippen molar-refractivity contribution in [3.05, 3.63) is 50.2 Å². The van der Waals surface area contributed by atoms with Crippen molar-refractivity contribution in [3.63, 3.8) is 0 Å². The number of aromatic nitrogens is 3. The number of benzene rings is 1. The first-order valence-electron chi connectivity index (χ1n) is 13.4. The van der Waals surface area contributed by atoms with Crippen molar-refractivity contribution < 1.29 is 9.59 Å². The maximum absolute atomic E-state index is 11.4. The maximum atomic E-state index is 11.4. The van der Waals surface area contributed by atoms with Crippen LogP contribution in [0, 0.1) is 5.92 Å². The van der Waals surface area contributed by atoms with Crippen LogP contribution in [0.15, 0.2) is 23.8 Å². The number of carbonyl (C=O) groups excluding carboxylic acids is 2. The predicted octanol–water partition coefficient (Wildman–Crippen LogP) is 4.56. The molecule has 5 N–H and O–H groups in total. The van der Waals surface area contributed by atoms with Gasteiger partial charge in [0.25, 0.3) is 5.91 Å². The number of imidazole rings is 1. The molecule has 0 spiro atoms. The maximum Gasteiger partial charge on any atom is 0.284 e. The van der Waals surface area contributed by atoms with Crippen molar-refractivity contribution >= 4 is 51.5 Å². The molecule has 11 heteroatoms. The first-order valence-corrected chi connectivity index (χ1v) is 14.6. The number of nitrogens with zero attached hydrogens (tertiary/aromatic N) is 4. The molecule has 2 fully saturated rings. The number of aromatic amines is 1. The van der Waals surface area contributed by atoms with Crippen molar-refractivity contribution in [1.29, 1.82) is 0 Å². The Morgan fingerprint density at radius 1 is 1.10 bits per heavy atom. The summed E-state index contributed by atoms with van der Waals surface area (Å²) in [6.07, 6.45) is 9.44. The second kappa shape index (κ2) is 12.9. The molecular weight excluding hydrogens is 534 g/mol. The summed E-state index contributed by atoms with van der Waals surface area (Å²) in [7, 11) is 5.85. The number of thiazole rings is 1. The van der Waals surface area contributed by atoms with Gasteiger partial charge in [-0.25, -0.2) is 9.97 Å². The highest BCUT2D eigenvalue weighted by molar-refractivity contribution is 7.12. The lowest BCUT2D eigenvalue weighted by atomic mass is 9.88. The first-order chi connectivity index (χ1) is 18.6. The molecule has 0 unspecified atom stereocenters. The molecule has 210 valence electrons. The van der Waals surface area contributed by atoms with Gasteiger partial charge in [-0.3, -0.25) is 9.59 Å². The first kappa shape index (κ1) is 29.0. The van der Waals surface area contributed by atoms with Crippen molar-refractivity contribution in [3.8, 4) is 0 Å². The number of carbonyl (C=O) groups is 2. The number of rotatable bonds is 3. The largest absolute Gasteiger partial charge is 0.396 e. The summed E-state index contributed by atoms with van der Waals surface area (Å²) in [4.78, 5) is 39.0. The van der Waals surface area contributed by atoms with E-state index in [4.69, 9.17) is 23.1 Å². The van der Waals surface area contributed by atoms with Gasteiger partial charge in [-0.2, -0.15) is 0 Å². The van der Waals surface area contributed by atoms with Gasteiger partial charge in [-0.05, 0) is 56.5 Å². The lowest BCUT2D eigenvalue weighted by Crippen LogP contribution is -2.30. The number of fused-ring (bicyclic) bond motifs is 2. The molecule has 39 heavy (non-hydrogen) atoms. The van der Waals surface area contributed by atoms with Crippen LogP contribution < -0.4 is 11.5 Å². The van der Waals surface area contributed by atoms with Crippen molar-refractivity contribution in [2.75, 3.05) is 27.7 Å². The Morgan fingerprint density at radius 3 is 2.46 bits per heavy atom. The predicted molar refractivity (Wildman–Crippen MR) is 157 cm³/mol. The minimum absolute atomic E-state index is 0.150. The molecule has 9 nitrogen and oxygen atoms in total. The number of allylic oxidation sites excluding steroid dienone is 1. The molecule has 0 saturated heterocycles. The number of H-pyrrole nitrogens is 1. The average Bonchev–Trinajstić information content (AvgIpc) is 3.55. The minimum atomic E-state index is -0.577. The highest BCUT2D eigenvalue weighted by atomic mass is 35.5. The number of nitrogens with two attached hydrogens (primary N) is 2.